The average molecular weight is 224 g/mol. The molecule has 0 bridgehead atoms. The summed E-state index contributed by atoms with van der Waals surface area (Å²) in [6, 6.07) is 0. The van der Waals surface area contributed by atoms with Crippen LogP contribution in [-0.4, -0.2) is 28.6 Å². The van der Waals surface area contributed by atoms with Crippen LogP contribution in [0, 0.1) is 0 Å². The Morgan fingerprint density at radius 2 is 1.73 bits per heavy atom. The molecule has 0 spiro atoms. The number of hydrogen-bond acceptors (Lipinski definition) is 3. The molecule has 0 atom stereocenters. The van der Waals surface area contributed by atoms with Crippen molar-refractivity contribution >= 4 is 11.9 Å². The third-order valence-corrected chi connectivity index (χ3v) is 1.35. The van der Waals surface area contributed by atoms with Gasteiger partial charge in [-0.05, 0) is 20.8 Å². The minimum absolute atomic E-state index is 0.772. The highest BCUT2D eigenvalue weighted by molar-refractivity contribution is 5.78. The number of alkyl halides is 2. The van der Waals surface area contributed by atoms with E-state index in [-0.39, 0.29) is 0 Å². The minimum Gasteiger partial charge on any atom is -0.481 e. The van der Waals surface area contributed by atoms with Crippen LogP contribution in [0.3, 0.4) is 0 Å². The molecule has 0 radical (unpaired) electrons. The van der Waals surface area contributed by atoms with Crippen molar-refractivity contribution < 1.29 is 28.2 Å². The second-order valence-corrected chi connectivity index (χ2v) is 4.10. The van der Waals surface area contributed by atoms with Crippen LogP contribution in [-0.2, 0) is 14.3 Å². The Balaban J connectivity index is 4.32. The molecule has 0 aromatic heterocycles. The van der Waals surface area contributed by atoms with E-state index in [2.05, 4.69) is 4.74 Å². The highest BCUT2D eigenvalue weighted by atomic mass is 19.3. The van der Waals surface area contributed by atoms with Crippen molar-refractivity contribution in [2.24, 2.45) is 0 Å². The van der Waals surface area contributed by atoms with E-state index in [1.807, 2.05) is 0 Å². The molecule has 0 aliphatic heterocycles. The predicted octanol–water partition coefficient (Wildman–Crippen LogP) is 1.83. The smallest absolute Gasteiger partial charge is 0.377 e. The summed E-state index contributed by atoms with van der Waals surface area (Å²) >= 11 is 0. The van der Waals surface area contributed by atoms with E-state index in [1.54, 1.807) is 0 Å². The molecule has 15 heavy (non-hydrogen) atoms. The number of rotatable bonds is 4. The number of ether oxygens (including phenoxy) is 1. The minimum atomic E-state index is -3.74. The Kier molecular flexibility index (Phi) is 4.18. The van der Waals surface area contributed by atoms with E-state index in [1.165, 1.54) is 20.8 Å². The SMILES string of the molecule is CC(C)(C)OC(=O)C(F)(F)CCC(=O)O. The fourth-order valence-electron chi connectivity index (χ4n) is 0.719. The van der Waals surface area contributed by atoms with E-state index in [4.69, 9.17) is 5.11 Å². The summed E-state index contributed by atoms with van der Waals surface area (Å²) < 4.78 is 30.4. The van der Waals surface area contributed by atoms with Crippen molar-refractivity contribution in [1.82, 2.24) is 0 Å². The quantitative estimate of drug-likeness (QED) is 0.740. The van der Waals surface area contributed by atoms with E-state index >= 15 is 0 Å². The summed E-state index contributed by atoms with van der Waals surface area (Å²) in [6.45, 7) is 4.37. The highest BCUT2D eigenvalue weighted by Crippen LogP contribution is 2.24. The molecule has 0 unspecified atom stereocenters. The van der Waals surface area contributed by atoms with Gasteiger partial charge in [-0.25, -0.2) is 4.79 Å². The molecule has 88 valence electrons. The summed E-state index contributed by atoms with van der Waals surface area (Å²) in [7, 11) is 0. The van der Waals surface area contributed by atoms with Crippen molar-refractivity contribution in [3.05, 3.63) is 0 Å². The zero-order valence-electron chi connectivity index (χ0n) is 8.84. The number of aliphatic carboxylic acids is 1. The molecule has 0 fully saturated rings. The van der Waals surface area contributed by atoms with Gasteiger partial charge in [0, 0.05) is 6.42 Å². The molecule has 0 amide bonds. The van der Waals surface area contributed by atoms with E-state index in [0.29, 0.717) is 0 Å². The summed E-state index contributed by atoms with van der Waals surface area (Å²) in [6.07, 6.45) is -1.82. The first-order valence-electron chi connectivity index (χ1n) is 4.38. The highest BCUT2D eigenvalue weighted by Gasteiger charge is 2.42. The molecule has 4 nitrogen and oxygen atoms in total. The number of carboxylic acids is 1. The van der Waals surface area contributed by atoms with Crippen molar-refractivity contribution in [2.45, 2.75) is 45.1 Å². The Labute approximate surface area is 86.2 Å². The molecular formula is C9H14F2O4. The maximum Gasteiger partial charge on any atom is 0.377 e. The maximum absolute atomic E-state index is 13.0. The van der Waals surface area contributed by atoms with Crippen molar-refractivity contribution in [3.8, 4) is 0 Å². The van der Waals surface area contributed by atoms with Gasteiger partial charge >= 0.3 is 17.9 Å². The molecule has 0 saturated carbocycles. The Morgan fingerprint density at radius 1 is 1.27 bits per heavy atom. The van der Waals surface area contributed by atoms with Crippen molar-refractivity contribution in [2.75, 3.05) is 0 Å². The van der Waals surface area contributed by atoms with Gasteiger partial charge in [-0.2, -0.15) is 8.78 Å². The standard InChI is InChI=1S/C9H14F2O4/c1-8(2,3)15-7(14)9(10,11)5-4-6(12)13/h4-5H2,1-3H3,(H,12,13). The van der Waals surface area contributed by atoms with Crippen LogP contribution in [0.15, 0.2) is 0 Å². The van der Waals surface area contributed by atoms with Gasteiger partial charge in [-0.15, -0.1) is 0 Å². The maximum atomic E-state index is 13.0. The number of esters is 1. The van der Waals surface area contributed by atoms with Crippen LogP contribution in [0.5, 0.6) is 0 Å². The van der Waals surface area contributed by atoms with E-state index in [9.17, 15) is 18.4 Å². The second kappa shape index (κ2) is 4.55. The molecule has 0 heterocycles. The Hall–Kier alpha value is -1.20. The number of halogens is 2. The third kappa shape index (κ3) is 5.98. The molecule has 0 aromatic rings. The first kappa shape index (κ1) is 13.8. The van der Waals surface area contributed by atoms with Crippen LogP contribution in [0.25, 0.3) is 0 Å². The van der Waals surface area contributed by atoms with E-state index in [0.717, 1.165) is 0 Å². The first-order chi connectivity index (χ1) is 6.54. The van der Waals surface area contributed by atoms with E-state index < -0.39 is 36.3 Å². The first-order valence-corrected chi connectivity index (χ1v) is 4.38. The zero-order chi connectivity index (χ0) is 12.3. The van der Waals surface area contributed by atoms with Gasteiger partial charge in [0.05, 0.1) is 6.42 Å². The molecular weight excluding hydrogens is 210 g/mol. The lowest BCUT2D eigenvalue weighted by Gasteiger charge is -2.23. The third-order valence-electron chi connectivity index (χ3n) is 1.35. The number of carboxylic acid groups (broad SMARTS) is 1. The van der Waals surface area contributed by atoms with Crippen LogP contribution in [0.4, 0.5) is 8.78 Å². The summed E-state index contributed by atoms with van der Waals surface area (Å²) in [5, 5.41) is 8.21. The van der Waals surface area contributed by atoms with Gasteiger partial charge in [-0.3, -0.25) is 4.79 Å². The topological polar surface area (TPSA) is 63.6 Å². The van der Waals surface area contributed by atoms with Gasteiger partial charge in [0.1, 0.15) is 5.60 Å². The second-order valence-electron chi connectivity index (χ2n) is 4.10. The lowest BCUT2D eigenvalue weighted by Crippen LogP contribution is -2.37. The molecule has 6 heteroatoms. The summed E-state index contributed by atoms with van der Waals surface area (Å²) in [5.74, 6) is -6.81. The molecule has 0 aliphatic rings. The van der Waals surface area contributed by atoms with Gasteiger partial charge in [0.15, 0.2) is 0 Å². The van der Waals surface area contributed by atoms with Gasteiger partial charge < -0.3 is 9.84 Å². The number of carbonyl (C=O) groups is 2. The van der Waals surface area contributed by atoms with Crippen LogP contribution >= 0.6 is 0 Å². The number of hydrogen-bond donors (Lipinski definition) is 1. The molecule has 0 rings (SSSR count). The normalized spacial score (nSPS) is 12.3. The molecule has 1 N–H and O–H groups in total. The van der Waals surface area contributed by atoms with Gasteiger partial charge in [0.25, 0.3) is 0 Å². The average Bonchev–Trinajstić information content (AvgIpc) is 1.97. The Morgan fingerprint density at radius 3 is 2.07 bits per heavy atom. The van der Waals surface area contributed by atoms with Gasteiger partial charge in [0.2, 0.25) is 0 Å². The largest absolute Gasteiger partial charge is 0.481 e. The van der Waals surface area contributed by atoms with Crippen molar-refractivity contribution in [3.63, 3.8) is 0 Å². The fourth-order valence-corrected chi connectivity index (χ4v) is 0.719. The zero-order valence-corrected chi connectivity index (χ0v) is 8.84. The molecule has 0 aromatic carbocycles. The monoisotopic (exact) mass is 224 g/mol. The fraction of sp³-hybridized carbons (Fsp3) is 0.778. The number of carbonyl (C=O) groups excluding carboxylic acids is 1. The van der Waals surface area contributed by atoms with Crippen molar-refractivity contribution in [1.29, 1.82) is 0 Å². The van der Waals surface area contributed by atoms with Crippen LogP contribution in [0.2, 0.25) is 0 Å². The van der Waals surface area contributed by atoms with Crippen LogP contribution in [0.1, 0.15) is 33.6 Å². The molecule has 0 aliphatic carbocycles. The summed E-state index contributed by atoms with van der Waals surface area (Å²) in [4.78, 5) is 21.0. The Bertz CT molecular complexity index is 255. The summed E-state index contributed by atoms with van der Waals surface area (Å²) in [5.41, 5.74) is -1.01. The lowest BCUT2D eigenvalue weighted by atomic mass is 10.1. The van der Waals surface area contributed by atoms with Crippen LogP contribution < -0.4 is 0 Å². The lowest BCUT2D eigenvalue weighted by molar-refractivity contribution is -0.185. The molecule has 0 saturated heterocycles. The van der Waals surface area contributed by atoms with Gasteiger partial charge in [-0.1, -0.05) is 0 Å². The predicted molar refractivity (Wildman–Crippen MR) is 47.7 cm³/mol.